The number of hydrogen-bond donors (Lipinski definition) is 3. The molecular weight excluding hydrogens is 247 g/mol. The van der Waals surface area contributed by atoms with Crippen LogP contribution in [0.3, 0.4) is 0 Å². The van der Waals surface area contributed by atoms with Crippen molar-refractivity contribution in [3.05, 3.63) is 28.3 Å². The number of aromatic hydroxyl groups is 1. The third kappa shape index (κ3) is 2.58. The van der Waals surface area contributed by atoms with Gasteiger partial charge in [-0.1, -0.05) is 11.6 Å². The van der Waals surface area contributed by atoms with Crippen molar-refractivity contribution in [2.24, 2.45) is 5.73 Å². The summed E-state index contributed by atoms with van der Waals surface area (Å²) >= 11 is 5.44. The molecule has 7 heteroatoms. The quantitative estimate of drug-likeness (QED) is 0.758. The molecule has 0 aliphatic rings. The van der Waals surface area contributed by atoms with Crippen molar-refractivity contribution in [1.29, 1.82) is 0 Å². The lowest BCUT2D eigenvalue weighted by Gasteiger charge is -2.15. The van der Waals surface area contributed by atoms with Gasteiger partial charge < -0.3 is 15.9 Å². The minimum Gasteiger partial charge on any atom is -0.506 e. The molecule has 0 aromatic heterocycles. The van der Waals surface area contributed by atoms with Crippen LogP contribution in [0, 0.1) is 0 Å². The molecule has 0 spiro atoms. The first-order chi connectivity index (χ1) is 7.27. The monoisotopic (exact) mass is 255 g/mol. The second-order valence-electron chi connectivity index (χ2n) is 3.18. The second kappa shape index (κ2) is 4.48. The molecule has 1 aromatic rings. The van der Waals surface area contributed by atoms with E-state index in [1.807, 2.05) is 0 Å². The van der Waals surface area contributed by atoms with Crippen molar-refractivity contribution in [3.8, 4) is 5.75 Å². The molecular formula is C9H9ClF3NO2. The molecule has 1 aromatic carbocycles. The Hall–Kier alpha value is -0.980. The molecule has 0 saturated heterocycles. The first-order valence-electron chi connectivity index (χ1n) is 4.23. The van der Waals surface area contributed by atoms with Gasteiger partial charge in [-0.3, -0.25) is 0 Å². The summed E-state index contributed by atoms with van der Waals surface area (Å²) in [5.74, 6) is -0.545. The number of phenols is 1. The van der Waals surface area contributed by atoms with Crippen LogP contribution in [0.15, 0.2) is 12.1 Å². The number of halogens is 4. The number of benzene rings is 1. The van der Waals surface area contributed by atoms with E-state index in [0.717, 1.165) is 0 Å². The van der Waals surface area contributed by atoms with Crippen molar-refractivity contribution in [2.75, 3.05) is 6.61 Å². The Kier molecular flexibility index (Phi) is 3.67. The van der Waals surface area contributed by atoms with E-state index < -0.39 is 35.2 Å². The summed E-state index contributed by atoms with van der Waals surface area (Å²) in [6.45, 7) is -0.592. The SMILES string of the molecule is NC(CO)c1cc(C(F)(F)F)cc(Cl)c1O. The number of rotatable bonds is 2. The van der Waals surface area contributed by atoms with E-state index >= 15 is 0 Å². The van der Waals surface area contributed by atoms with E-state index in [0.29, 0.717) is 12.1 Å². The Balaban J connectivity index is 3.33. The topological polar surface area (TPSA) is 66.5 Å². The van der Waals surface area contributed by atoms with Crippen molar-refractivity contribution in [1.82, 2.24) is 0 Å². The van der Waals surface area contributed by atoms with Crippen molar-refractivity contribution < 1.29 is 23.4 Å². The number of hydrogen-bond acceptors (Lipinski definition) is 3. The lowest BCUT2D eigenvalue weighted by atomic mass is 10.0. The van der Waals surface area contributed by atoms with Gasteiger partial charge in [0.1, 0.15) is 5.75 Å². The molecule has 1 rings (SSSR count). The summed E-state index contributed by atoms with van der Waals surface area (Å²) < 4.78 is 37.2. The third-order valence-corrected chi connectivity index (χ3v) is 2.30. The number of aliphatic hydroxyl groups excluding tert-OH is 1. The van der Waals surface area contributed by atoms with Crippen LogP contribution in [0.25, 0.3) is 0 Å². The Labute approximate surface area is 94.3 Å². The fourth-order valence-corrected chi connectivity index (χ4v) is 1.39. The van der Waals surface area contributed by atoms with Crippen molar-refractivity contribution >= 4 is 11.6 Å². The van der Waals surface area contributed by atoms with Gasteiger partial charge in [-0.2, -0.15) is 13.2 Å². The number of aliphatic hydroxyl groups is 1. The van der Waals surface area contributed by atoms with Gasteiger partial charge in [0.2, 0.25) is 0 Å². The Morgan fingerprint density at radius 2 is 1.94 bits per heavy atom. The Bertz CT molecular complexity index is 395. The predicted octanol–water partition coefficient (Wildman–Crippen LogP) is 2.06. The molecule has 0 saturated carbocycles. The zero-order chi connectivity index (χ0) is 12.5. The summed E-state index contributed by atoms with van der Waals surface area (Å²) in [5, 5.41) is 17.7. The van der Waals surface area contributed by atoms with Crippen LogP contribution in [0.1, 0.15) is 17.2 Å². The first kappa shape index (κ1) is 13.1. The number of alkyl halides is 3. The molecule has 0 amide bonds. The lowest BCUT2D eigenvalue weighted by Crippen LogP contribution is -2.16. The maximum atomic E-state index is 12.4. The molecule has 0 radical (unpaired) electrons. The highest BCUT2D eigenvalue weighted by atomic mass is 35.5. The fraction of sp³-hybridized carbons (Fsp3) is 0.333. The first-order valence-corrected chi connectivity index (χ1v) is 4.61. The summed E-state index contributed by atoms with van der Waals surface area (Å²) in [6.07, 6.45) is -4.58. The van der Waals surface area contributed by atoms with Gasteiger partial charge >= 0.3 is 6.18 Å². The molecule has 1 unspecified atom stereocenters. The van der Waals surface area contributed by atoms with E-state index in [4.69, 9.17) is 22.4 Å². The fourth-order valence-electron chi connectivity index (χ4n) is 1.16. The third-order valence-electron chi connectivity index (χ3n) is 2.02. The lowest BCUT2D eigenvalue weighted by molar-refractivity contribution is -0.137. The molecule has 1 atom stereocenters. The maximum absolute atomic E-state index is 12.4. The summed E-state index contributed by atoms with van der Waals surface area (Å²) in [4.78, 5) is 0. The average Bonchev–Trinajstić information content (AvgIpc) is 2.19. The smallest absolute Gasteiger partial charge is 0.416 e. The zero-order valence-corrected chi connectivity index (χ0v) is 8.68. The van der Waals surface area contributed by atoms with Crippen LogP contribution >= 0.6 is 11.6 Å². The van der Waals surface area contributed by atoms with Gasteiger partial charge in [-0.15, -0.1) is 0 Å². The molecule has 0 heterocycles. The number of nitrogens with two attached hydrogens (primary N) is 1. The van der Waals surface area contributed by atoms with Crippen LogP contribution < -0.4 is 5.73 Å². The number of phenolic OH excluding ortho intramolecular Hbond substituents is 1. The normalized spacial score (nSPS) is 13.9. The van der Waals surface area contributed by atoms with Crippen LogP contribution in [0.4, 0.5) is 13.2 Å². The van der Waals surface area contributed by atoms with Gasteiger partial charge in [-0.25, -0.2) is 0 Å². The van der Waals surface area contributed by atoms with Crippen LogP contribution in [-0.4, -0.2) is 16.8 Å². The van der Waals surface area contributed by atoms with Gasteiger partial charge in [0.25, 0.3) is 0 Å². The van der Waals surface area contributed by atoms with Gasteiger partial charge in [0.15, 0.2) is 0 Å². The van der Waals surface area contributed by atoms with Gasteiger partial charge in [0, 0.05) is 5.56 Å². The largest absolute Gasteiger partial charge is 0.506 e. The summed E-state index contributed by atoms with van der Waals surface area (Å²) in [5.41, 5.74) is 4.09. The molecule has 0 aliphatic heterocycles. The highest BCUT2D eigenvalue weighted by Crippen LogP contribution is 2.38. The molecule has 4 N–H and O–H groups in total. The van der Waals surface area contributed by atoms with Crippen LogP contribution in [0.2, 0.25) is 5.02 Å². The average molecular weight is 256 g/mol. The summed E-state index contributed by atoms with van der Waals surface area (Å²) in [6, 6.07) is 0.159. The molecule has 3 nitrogen and oxygen atoms in total. The van der Waals surface area contributed by atoms with Gasteiger partial charge in [0.05, 0.1) is 23.2 Å². The van der Waals surface area contributed by atoms with Crippen LogP contribution in [0.5, 0.6) is 5.75 Å². The minimum atomic E-state index is -4.58. The highest BCUT2D eigenvalue weighted by Gasteiger charge is 2.32. The highest BCUT2D eigenvalue weighted by molar-refractivity contribution is 6.32. The second-order valence-corrected chi connectivity index (χ2v) is 3.59. The van der Waals surface area contributed by atoms with Gasteiger partial charge in [-0.05, 0) is 12.1 Å². The molecule has 90 valence electrons. The maximum Gasteiger partial charge on any atom is 0.416 e. The van der Waals surface area contributed by atoms with E-state index in [-0.39, 0.29) is 5.56 Å². The van der Waals surface area contributed by atoms with E-state index in [1.165, 1.54) is 0 Å². The predicted molar refractivity (Wildman–Crippen MR) is 52.1 cm³/mol. The van der Waals surface area contributed by atoms with E-state index in [1.54, 1.807) is 0 Å². The van der Waals surface area contributed by atoms with E-state index in [2.05, 4.69) is 0 Å². The Morgan fingerprint density at radius 1 is 1.38 bits per heavy atom. The zero-order valence-electron chi connectivity index (χ0n) is 7.92. The molecule has 0 fully saturated rings. The minimum absolute atomic E-state index is 0.234. The molecule has 16 heavy (non-hydrogen) atoms. The molecule has 0 aliphatic carbocycles. The Morgan fingerprint density at radius 3 is 2.38 bits per heavy atom. The summed E-state index contributed by atoms with van der Waals surface area (Å²) in [7, 11) is 0. The van der Waals surface area contributed by atoms with E-state index in [9.17, 15) is 18.3 Å². The molecule has 0 bridgehead atoms. The van der Waals surface area contributed by atoms with Crippen LogP contribution in [-0.2, 0) is 6.18 Å². The van der Waals surface area contributed by atoms with Crippen molar-refractivity contribution in [2.45, 2.75) is 12.2 Å². The van der Waals surface area contributed by atoms with Crippen molar-refractivity contribution in [3.63, 3.8) is 0 Å². The standard InChI is InChI=1S/C9H9ClF3NO2/c10-6-2-4(9(11,12)13)1-5(8(6)16)7(14)3-15/h1-2,7,15-16H,3,14H2.